The Morgan fingerprint density at radius 3 is 2.70 bits per heavy atom. The molecule has 1 amide bonds. The van der Waals surface area contributed by atoms with Gasteiger partial charge >= 0.3 is 0 Å². The van der Waals surface area contributed by atoms with Crippen LogP contribution in [0.4, 0.5) is 5.95 Å². The molecule has 2 N–H and O–H groups in total. The van der Waals surface area contributed by atoms with Gasteiger partial charge in [0.05, 0.1) is 29.6 Å². The van der Waals surface area contributed by atoms with Crippen molar-refractivity contribution in [1.82, 2.24) is 15.0 Å². The molecule has 0 spiro atoms. The maximum Gasteiger partial charge on any atom is 0.269 e. The molecule has 0 aliphatic heterocycles. The lowest BCUT2D eigenvalue weighted by molar-refractivity contribution is 0.0961. The number of amides is 1. The summed E-state index contributed by atoms with van der Waals surface area (Å²) in [6, 6.07) is 10.1. The number of benzene rings is 2. The van der Waals surface area contributed by atoms with Crippen LogP contribution in [0, 0.1) is 0 Å². The van der Waals surface area contributed by atoms with Gasteiger partial charge in [0.25, 0.3) is 11.5 Å². The number of fused-ring (bicyclic) bond motifs is 1. The minimum Gasteiger partial charge on any atom is -0.493 e. The van der Waals surface area contributed by atoms with Crippen molar-refractivity contribution < 1.29 is 14.3 Å². The zero-order valence-electron chi connectivity index (χ0n) is 17.0. The quantitative estimate of drug-likeness (QED) is 0.530. The SMILES string of the molecule is CCCOc1c(Cl)cc(C(=O)NNc2nc3ccccc3c(=O)n2CC)cc1OC. The van der Waals surface area contributed by atoms with Crippen LogP contribution in [0.25, 0.3) is 10.9 Å². The van der Waals surface area contributed by atoms with Crippen molar-refractivity contribution in [3.8, 4) is 11.5 Å². The number of hydrogen-bond donors (Lipinski definition) is 2. The van der Waals surface area contributed by atoms with Gasteiger partial charge in [0, 0.05) is 12.1 Å². The molecule has 158 valence electrons. The van der Waals surface area contributed by atoms with Gasteiger partial charge in [-0.1, -0.05) is 30.7 Å². The molecule has 0 saturated carbocycles. The lowest BCUT2D eigenvalue weighted by atomic mass is 10.2. The van der Waals surface area contributed by atoms with Crippen LogP contribution in [0.2, 0.25) is 5.02 Å². The number of anilines is 1. The highest BCUT2D eigenvalue weighted by atomic mass is 35.5. The monoisotopic (exact) mass is 430 g/mol. The van der Waals surface area contributed by atoms with Crippen molar-refractivity contribution in [2.45, 2.75) is 26.8 Å². The van der Waals surface area contributed by atoms with Crippen molar-refractivity contribution >= 4 is 34.4 Å². The fraction of sp³-hybridized carbons (Fsp3) is 0.286. The van der Waals surface area contributed by atoms with Crippen molar-refractivity contribution in [3.05, 3.63) is 57.3 Å². The highest BCUT2D eigenvalue weighted by molar-refractivity contribution is 6.32. The number of ether oxygens (including phenoxy) is 2. The molecule has 0 radical (unpaired) electrons. The first-order chi connectivity index (χ1) is 14.5. The highest BCUT2D eigenvalue weighted by Crippen LogP contribution is 2.36. The van der Waals surface area contributed by atoms with Gasteiger partial charge in [-0.25, -0.2) is 4.98 Å². The van der Waals surface area contributed by atoms with E-state index in [-0.39, 0.29) is 22.1 Å². The molecule has 0 aliphatic carbocycles. The number of aromatic nitrogens is 2. The maximum absolute atomic E-state index is 12.7. The molecule has 8 nitrogen and oxygen atoms in total. The Morgan fingerprint density at radius 2 is 2.00 bits per heavy atom. The van der Waals surface area contributed by atoms with E-state index in [1.807, 2.05) is 13.8 Å². The summed E-state index contributed by atoms with van der Waals surface area (Å²) < 4.78 is 12.4. The van der Waals surface area contributed by atoms with E-state index in [2.05, 4.69) is 15.8 Å². The third-order valence-corrected chi connectivity index (χ3v) is 4.69. The average molecular weight is 431 g/mol. The molecule has 0 atom stereocenters. The number of halogens is 1. The Hall–Kier alpha value is -3.26. The Bertz CT molecular complexity index is 1130. The normalized spacial score (nSPS) is 10.7. The van der Waals surface area contributed by atoms with Gasteiger partial charge in [0.1, 0.15) is 0 Å². The summed E-state index contributed by atoms with van der Waals surface area (Å²) in [6.07, 6.45) is 0.809. The van der Waals surface area contributed by atoms with E-state index < -0.39 is 5.91 Å². The second-order valence-electron chi connectivity index (χ2n) is 6.42. The first kappa shape index (κ1) is 21.4. The van der Waals surface area contributed by atoms with Gasteiger partial charge in [-0.2, -0.15) is 0 Å². The topological polar surface area (TPSA) is 94.5 Å². The van der Waals surface area contributed by atoms with Crippen LogP contribution >= 0.6 is 11.6 Å². The molecule has 0 aliphatic rings. The number of hydrogen-bond acceptors (Lipinski definition) is 6. The molecule has 30 heavy (non-hydrogen) atoms. The number of methoxy groups -OCH3 is 1. The minimum absolute atomic E-state index is 0.193. The predicted molar refractivity (Wildman–Crippen MR) is 117 cm³/mol. The second-order valence-corrected chi connectivity index (χ2v) is 6.83. The summed E-state index contributed by atoms with van der Waals surface area (Å²) in [6.45, 7) is 4.67. The number of para-hydroxylation sites is 1. The van der Waals surface area contributed by atoms with Gasteiger partial charge in [0.2, 0.25) is 5.95 Å². The summed E-state index contributed by atoms with van der Waals surface area (Å²) in [7, 11) is 1.48. The van der Waals surface area contributed by atoms with Crippen molar-refractivity contribution in [2.24, 2.45) is 0 Å². The first-order valence-electron chi connectivity index (χ1n) is 9.56. The van der Waals surface area contributed by atoms with Crippen LogP contribution in [-0.2, 0) is 6.54 Å². The van der Waals surface area contributed by atoms with E-state index >= 15 is 0 Å². The van der Waals surface area contributed by atoms with Crippen LogP contribution in [0.5, 0.6) is 11.5 Å². The Morgan fingerprint density at radius 1 is 1.23 bits per heavy atom. The molecule has 1 heterocycles. The van der Waals surface area contributed by atoms with Crippen LogP contribution in [0.15, 0.2) is 41.2 Å². The van der Waals surface area contributed by atoms with Crippen molar-refractivity contribution in [1.29, 1.82) is 0 Å². The van der Waals surface area contributed by atoms with Crippen LogP contribution in [-0.4, -0.2) is 29.2 Å². The van der Waals surface area contributed by atoms with Gasteiger partial charge < -0.3 is 9.47 Å². The van der Waals surface area contributed by atoms with Gasteiger partial charge in [-0.15, -0.1) is 0 Å². The summed E-state index contributed by atoms with van der Waals surface area (Å²) in [4.78, 5) is 29.8. The molecule has 0 unspecified atom stereocenters. The van der Waals surface area contributed by atoms with E-state index in [1.54, 1.807) is 24.3 Å². The molecule has 3 rings (SSSR count). The van der Waals surface area contributed by atoms with E-state index in [4.69, 9.17) is 21.1 Å². The zero-order valence-corrected chi connectivity index (χ0v) is 17.7. The standard InChI is InChI=1S/C21H23ClN4O4/c1-4-10-30-18-15(22)11-13(12-17(18)29-3)19(27)24-25-21-23-16-9-7-6-8-14(16)20(28)26(21)5-2/h6-9,11-12H,4-5,10H2,1-3H3,(H,23,25)(H,24,27). The lowest BCUT2D eigenvalue weighted by Crippen LogP contribution is -2.34. The first-order valence-corrected chi connectivity index (χ1v) is 9.94. The third kappa shape index (κ3) is 4.33. The number of rotatable bonds is 8. The zero-order chi connectivity index (χ0) is 21.7. The van der Waals surface area contributed by atoms with E-state index in [0.717, 1.165) is 6.42 Å². The third-order valence-electron chi connectivity index (χ3n) is 4.41. The molecule has 2 aromatic carbocycles. The number of hydrazine groups is 1. The summed E-state index contributed by atoms with van der Waals surface area (Å²) in [5.74, 6) is 0.509. The van der Waals surface area contributed by atoms with E-state index in [0.29, 0.717) is 35.6 Å². The molecule has 0 bridgehead atoms. The highest BCUT2D eigenvalue weighted by Gasteiger charge is 2.17. The largest absolute Gasteiger partial charge is 0.493 e. The second kappa shape index (κ2) is 9.49. The van der Waals surface area contributed by atoms with Crippen LogP contribution in [0.3, 0.4) is 0 Å². The molecule has 0 saturated heterocycles. The number of carbonyl (C=O) groups is 1. The smallest absolute Gasteiger partial charge is 0.269 e. The van der Waals surface area contributed by atoms with Gasteiger partial charge in [-0.05, 0) is 37.6 Å². The molecule has 9 heteroatoms. The molecular weight excluding hydrogens is 408 g/mol. The van der Waals surface area contributed by atoms with Crippen LogP contribution in [0.1, 0.15) is 30.6 Å². The predicted octanol–water partition coefficient (Wildman–Crippen LogP) is 3.62. The Kier molecular flexibility index (Phi) is 6.79. The average Bonchev–Trinajstić information content (AvgIpc) is 2.76. The fourth-order valence-electron chi connectivity index (χ4n) is 2.94. The molecular formula is C21H23ClN4O4. The Balaban J connectivity index is 1.85. The molecule has 0 fully saturated rings. The fourth-order valence-corrected chi connectivity index (χ4v) is 3.20. The Labute approximate surface area is 178 Å². The van der Waals surface area contributed by atoms with Gasteiger partial charge in [0.15, 0.2) is 11.5 Å². The van der Waals surface area contributed by atoms with E-state index in [9.17, 15) is 9.59 Å². The minimum atomic E-state index is -0.470. The maximum atomic E-state index is 12.7. The molecule has 3 aromatic rings. The summed E-state index contributed by atoms with van der Waals surface area (Å²) in [5, 5.41) is 0.776. The summed E-state index contributed by atoms with van der Waals surface area (Å²) in [5.41, 5.74) is 5.90. The van der Waals surface area contributed by atoms with E-state index in [1.165, 1.54) is 23.8 Å². The number of nitrogens with one attached hydrogen (secondary N) is 2. The number of nitrogens with zero attached hydrogens (tertiary/aromatic N) is 2. The summed E-state index contributed by atoms with van der Waals surface area (Å²) >= 11 is 6.28. The molecule has 1 aromatic heterocycles. The number of carbonyl (C=O) groups excluding carboxylic acids is 1. The van der Waals surface area contributed by atoms with Crippen LogP contribution < -0.4 is 25.9 Å². The lowest BCUT2D eigenvalue weighted by Gasteiger charge is -2.16. The van der Waals surface area contributed by atoms with Gasteiger partial charge in [-0.3, -0.25) is 25.0 Å². The van der Waals surface area contributed by atoms with Crippen molar-refractivity contribution in [3.63, 3.8) is 0 Å². The van der Waals surface area contributed by atoms with Crippen molar-refractivity contribution in [2.75, 3.05) is 19.1 Å².